The Labute approximate surface area is 71.9 Å². The number of ether oxygens (including phenoxy) is 1. The monoisotopic (exact) mass is 170 g/mol. The molecule has 12 heavy (non-hydrogen) atoms. The largest absolute Gasteiger partial charge is 0.312 e. The van der Waals surface area contributed by atoms with Crippen LogP contribution in [0, 0.1) is 5.92 Å². The zero-order chi connectivity index (χ0) is 8.23. The second-order valence-electron chi connectivity index (χ2n) is 4.36. The maximum absolute atomic E-state index is 5.81. The molecule has 3 nitrogen and oxygen atoms in total. The fraction of sp³-hybridized carbons (Fsp3) is 1.00. The van der Waals surface area contributed by atoms with Crippen molar-refractivity contribution in [2.75, 3.05) is 0 Å². The third-order valence-corrected chi connectivity index (χ3v) is 3.31. The van der Waals surface area contributed by atoms with Crippen LogP contribution in [0.3, 0.4) is 0 Å². The van der Waals surface area contributed by atoms with Crippen LogP contribution in [-0.4, -0.2) is 11.6 Å². The van der Waals surface area contributed by atoms with Gasteiger partial charge in [0.1, 0.15) is 0 Å². The van der Waals surface area contributed by atoms with E-state index in [1.807, 2.05) is 6.92 Å². The van der Waals surface area contributed by atoms with Crippen LogP contribution in [0.4, 0.5) is 0 Å². The first-order valence-corrected chi connectivity index (χ1v) is 4.80. The van der Waals surface area contributed by atoms with Crippen molar-refractivity contribution >= 4 is 0 Å². The van der Waals surface area contributed by atoms with Gasteiger partial charge in [-0.15, -0.1) is 0 Å². The Bertz CT molecular complexity index is 214. The lowest BCUT2D eigenvalue weighted by molar-refractivity contribution is -0.387. The van der Waals surface area contributed by atoms with Crippen molar-refractivity contribution in [2.45, 2.75) is 50.6 Å². The highest BCUT2D eigenvalue weighted by Crippen LogP contribution is 2.56. The third kappa shape index (κ3) is 0.767. The summed E-state index contributed by atoms with van der Waals surface area (Å²) in [4.78, 5) is 10.5. The highest BCUT2D eigenvalue weighted by Gasteiger charge is 2.63. The van der Waals surface area contributed by atoms with E-state index < -0.39 is 5.79 Å². The van der Waals surface area contributed by atoms with E-state index >= 15 is 0 Å². The van der Waals surface area contributed by atoms with Gasteiger partial charge in [-0.25, -0.2) is 0 Å². The molecule has 0 aromatic heterocycles. The van der Waals surface area contributed by atoms with Crippen LogP contribution in [0.2, 0.25) is 0 Å². The number of fused-ring (bicyclic) bond motifs is 1. The average Bonchev–Trinajstić information content (AvgIpc) is 2.51. The molecule has 0 aromatic carbocycles. The summed E-state index contributed by atoms with van der Waals surface area (Å²) in [5.74, 6) is -0.216. The Balaban J connectivity index is 1.94. The molecule has 1 saturated carbocycles. The van der Waals surface area contributed by atoms with Crippen molar-refractivity contribution in [1.82, 2.24) is 0 Å². The molecule has 2 aliphatic heterocycles. The van der Waals surface area contributed by atoms with E-state index in [0.717, 1.165) is 12.8 Å². The zero-order valence-electron chi connectivity index (χ0n) is 7.34. The number of rotatable bonds is 0. The molecule has 1 spiro atoms. The van der Waals surface area contributed by atoms with Crippen LogP contribution in [0.5, 0.6) is 0 Å². The first-order chi connectivity index (χ1) is 5.73. The predicted molar refractivity (Wildman–Crippen MR) is 41.0 cm³/mol. The molecule has 2 saturated heterocycles. The van der Waals surface area contributed by atoms with Gasteiger partial charge in [0.15, 0.2) is 0 Å². The predicted octanol–water partition coefficient (Wildman–Crippen LogP) is 1.97. The van der Waals surface area contributed by atoms with E-state index in [2.05, 4.69) is 0 Å². The summed E-state index contributed by atoms with van der Waals surface area (Å²) in [7, 11) is 0. The molecular weight excluding hydrogens is 156 g/mol. The lowest BCUT2D eigenvalue weighted by Crippen LogP contribution is -2.39. The van der Waals surface area contributed by atoms with Gasteiger partial charge >= 0.3 is 0 Å². The molecule has 0 N–H and O–H groups in total. The summed E-state index contributed by atoms with van der Waals surface area (Å²) in [5.41, 5.74) is 0. The first kappa shape index (κ1) is 7.30. The molecular formula is C9H14O3. The molecule has 0 amide bonds. The second-order valence-corrected chi connectivity index (χ2v) is 4.36. The van der Waals surface area contributed by atoms with Gasteiger partial charge in [-0.1, -0.05) is 6.42 Å². The van der Waals surface area contributed by atoms with Gasteiger partial charge in [-0.2, -0.15) is 9.78 Å². The Hall–Kier alpha value is -0.120. The summed E-state index contributed by atoms with van der Waals surface area (Å²) in [6, 6.07) is 0. The van der Waals surface area contributed by atoms with Crippen LogP contribution in [0.25, 0.3) is 0 Å². The summed E-state index contributed by atoms with van der Waals surface area (Å²) in [5, 5.41) is 0. The van der Waals surface area contributed by atoms with Crippen molar-refractivity contribution < 1.29 is 14.5 Å². The fourth-order valence-electron chi connectivity index (χ4n) is 2.77. The van der Waals surface area contributed by atoms with Gasteiger partial charge in [0, 0.05) is 18.8 Å². The van der Waals surface area contributed by atoms with Crippen LogP contribution in [0.15, 0.2) is 0 Å². The zero-order valence-corrected chi connectivity index (χ0v) is 7.34. The molecule has 3 atom stereocenters. The summed E-state index contributed by atoms with van der Waals surface area (Å²) >= 11 is 0. The first-order valence-electron chi connectivity index (χ1n) is 4.80. The molecule has 1 aliphatic carbocycles. The third-order valence-electron chi connectivity index (χ3n) is 3.31. The minimum atomic E-state index is -0.436. The molecule has 0 radical (unpaired) electrons. The molecule has 3 fully saturated rings. The normalized spacial score (nSPS) is 57.2. The van der Waals surface area contributed by atoms with Crippen LogP contribution >= 0.6 is 0 Å². The van der Waals surface area contributed by atoms with Gasteiger partial charge in [0.05, 0.1) is 0 Å². The van der Waals surface area contributed by atoms with E-state index in [1.165, 1.54) is 19.3 Å². The molecule has 3 heteroatoms. The Morgan fingerprint density at radius 1 is 1.25 bits per heavy atom. The lowest BCUT2D eigenvalue weighted by Gasteiger charge is -2.34. The van der Waals surface area contributed by atoms with E-state index in [1.54, 1.807) is 0 Å². The van der Waals surface area contributed by atoms with E-state index in [4.69, 9.17) is 14.5 Å². The van der Waals surface area contributed by atoms with Gasteiger partial charge < -0.3 is 4.74 Å². The molecule has 68 valence electrons. The highest BCUT2D eigenvalue weighted by molar-refractivity contribution is 4.96. The van der Waals surface area contributed by atoms with Crippen molar-refractivity contribution in [3.05, 3.63) is 0 Å². The number of hydrogen-bond donors (Lipinski definition) is 0. The summed E-state index contributed by atoms with van der Waals surface area (Å²) in [6.07, 6.45) is 5.77. The Morgan fingerprint density at radius 3 is 2.92 bits per heavy atom. The number of hydrogen-bond acceptors (Lipinski definition) is 3. The molecule has 3 rings (SSSR count). The van der Waals surface area contributed by atoms with Crippen molar-refractivity contribution in [3.63, 3.8) is 0 Å². The van der Waals surface area contributed by atoms with Crippen LogP contribution in [0.1, 0.15) is 39.0 Å². The van der Waals surface area contributed by atoms with Crippen molar-refractivity contribution in [1.29, 1.82) is 0 Å². The molecule has 3 aliphatic rings. The molecule has 2 bridgehead atoms. The van der Waals surface area contributed by atoms with Crippen molar-refractivity contribution in [2.24, 2.45) is 5.92 Å². The molecule has 2 heterocycles. The summed E-state index contributed by atoms with van der Waals surface area (Å²) < 4.78 is 5.81. The van der Waals surface area contributed by atoms with E-state index in [-0.39, 0.29) is 5.79 Å². The summed E-state index contributed by atoms with van der Waals surface area (Å²) in [6.45, 7) is 1.97. The minimum Gasteiger partial charge on any atom is -0.312 e. The van der Waals surface area contributed by atoms with Gasteiger partial charge in [-0.05, 0) is 19.8 Å². The maximum atomic E-state index is 5.81. The SMILES string of the molecule is CC12CC3CCCCC3(OO1)O2. The fourth-order valence-corrected chi connectivity index (χ4v) is 2.77. The van der Waals surface area contributed by atoms with Gasteiger partial charge in [0.25, 0.3) is 0 Å². The van der Waals surface area contributed by atoms with Gasteiger partial charge in [-0.3, -0.25) is 0 Å². The Kier molecular flexibility index (Phi) is 1.23. The van der Waals surface area contributed by atoms with Crippen LogP contribution < -0.4 is 0 Å². The van der Waals surface area contributed by atoms with Crippen LogP contribution in [-0.2, 0) is 14.5 Å². The maximum Gasteiger partial charge on any atom is 0.207 e. The smallest absolute Gasteiger partial charge is 0.207 e. The second kappa shape index (κ2) is 2.03. The van der Waals surface area contributed by atoms with Crippen molar-refractivity contribution in [3.8, 4) is 0 Å². The van der Waals surface area contributed by atoms with E-state index in [9.17, 15) is 0 Å². The Morgan fingerprint density at radius 2 is 2.17 bits per heavy atom. The molecule has 3 unspecified atom stereocenters. The minimum absolute atomic E-state index is 0.354. The standard InChI is InChI=1S/C9H14O3/c1-8-6-7-4-2-3-5-9(7,10-8)12-11-8/h7H,2-6H2,1H3. The van der Waals surface area contributed by atoms with E-state index in [0.29, 0.717) is 5.92 Å². The molecule has 0 aromatic rings. The highest BCUT2D eigenvalue weighted by atomic mass is 17.3. The lowest BCUT2D eigenvalue weighted by atomic mass is 9.82. The average molecular weight is 170 g/mol. The topological polar surface area (TPSA) is 27.7 Å². The van der Waals surface area contributed by atoms with Gasteiger partial charge in [0.2, 0.25) is 11.6 Å². The quantitative estimate of drug-likeness (QED) is 0.520.